The molecule has 1 heteroatoms. The minimum atomic E-state index is 0.299. The Morgan fingerprint density at radius 3 is 2.17 bits per heavy atom. The van der Waals surface area contributed by atoms with Gasteiger partial charge >= 0.3 is 0 Å². The Labute approximate surface area is 141 Å². The minimum Gasteiger partial charge on any atom is -0.396 e. The molecule has 2 unspecified atom stereocenters. The van der Waals surface area contributed by atoms with Gasteiger partial charge in [0.1, 0.15) is 0 Å². The molecule has 0 aliphatic carbocycles. The van der Waals surface area contributed by atoms with E-state index >= 15 is 0 Å². The van der Waals surface area contributed by atoms with Crippen molar-refractivity contribution >= 4 is 0 Å². The summed E-state index contributed by atoms with van der Waals surface area (Å²) >= 11 is 0. The lowest BCUT2D eigenvalue weighted by atomic mass is 9.84. The van der Waals surface area contributed by atoms with E-state index in [1.807, 2.05) is 0 Å². The van der Waals surface area contributed by atoms with Crippen LogP contribution in [-0.2, 0) is 6.42 Å². The van der Waals surface area contributed by atoms with Gasteiger partial charge in [-0.3, -0.25) is 0 Å². The maximum Gasteiger partial charge on any atom is 0.0431 e. The van der Waals surface area contributed by atoms with Crippen LogP contribution in [0.5, 0.6) is 0 Å². The second-order valence-electron chi connectivity index (χ2n) is 6.57. The molecule has 2 aromatic carbocycles. The van der Waals surface area contributed by atoms with E-state index in [-0.39, 0.29) is 0 Å². The van der Waals surface area contributed by atoms with E-state index in [0.29, 0.717) is 18.4 Å². The van der Waals surface area contributed by atoms with Gasteiger partial charge in [-0.25, -0.2) is 0 Å². The molecule has 0 aromatic heterocycles. The van der Waals surface area contributed by atoms with Gasteiger partial charge in [-0.15, -0.1) is 0 Å². The summed E-state index contributed by atoms with van der Waals surface area (Å²) < 4.78 is 0. The standard InChI is InChI=1S/C22H30O/c1-3-20(22-10-5-4-6-11-22)17-18(2)21-14-12-19(13-15-21)9-7-8-16-23/h4-6,10-15,18,20,23H,3,7-9,16-17H2,1-2H3. The van der Waals surface area contributed by atoms with Crippen molar-refractivity contribution in [3.63, 3.8) is 0 Å². The van der Waals surface area contributed by atoms with Crippen LogP contribution in [0.1, 0.15) is 68.1 Å². The average Bonchev–Trinajstić information content (AvgIpc) is 2.61. The van der Waals surface area contributed by atoms with Crippen molar-refractivity contribution in [1.29, 1.82) is 0 Å². The quantitative estimate of drug-likeness (QED) is 0.590. The van der Waals surface area contributed by atoms with Crippen molar-refractivity contribution in [2.75, 3.05) is 6.61 Å². The summed E-state index contributed by atoms with van der Waals surface area (Å²) in [6, 6.07) is 20.0. The lowest BCUT2D eigenvalue weighted by molar-refractivity contribution is 0.284. The zero-order valence-electron chi connectivity index (χ0n) is 14.5. The first-order valence-corrected chi connectivity index (χ1v) is 8.99. The summed E-state index contributed by atoms with van der Waals surface area (Å²) in [5.41, 5.74) is 4.28. The van der Waals surface area contributed by atoms with Gasteiger partial charge in [0.05, 0.1) is 0 Å². The zero-order valence-corrected chi connectivity index (χ0v) is 14.5. The highest BCUT2D eigenvalue weighted by Crippen LogP contribution is 2.32. The second kappa shape index (κ2) is 9.52. The van der Waals surface area contributed by atoms with Crippen LogP contribution in [0.25, 0.3) is 0 Å². The molecule has 0 saturated carbocycles. The molecule has 0 spiro atoms. The van der Waals surface area contributed by atoms with Crippen molar-refractivity contribution in [2.45, 2.75) is 57.8 Å². The largest absolute Gasteiger partial charge is 0.396 e. The maximum atomic E-state index is 8.86. The number of unbranched alkanes of at least 4 members (excludes halogenated alkanes) is 1. The van der Waals surface area contributed by atoms with Crippen molar-refractivity contribution < 1.29 is 5.11 Å². The Bertz CT molecular complexity index is 544. The maximum absolute atomic E-state index is 8.86. The number of aliphatic hydroxyl groups excluding tert-OH is 1. The molecule has 124 valence electrons. The highest BCUT2D eigenvalue weighted by molar-refractivity contribution is 5.26. The molecule has 2 aromatic rings. The lowest BCUT2D eigenvalue weighted by Gasteiger charge is -2.21. The highest BCUT2D eigenvalue weighted by atomic mass is 16.2. The van der Waals surface area contributed by atoms with Gasteiger partial charge in [0.15, 0.2) is 0 Å². The van der Waals surface area contributed by atoms with E-state index in [2.05, 4.69) is 68.4 Å². The predicted octanol–water partition coefficient (Wildman–Crippen LogP) is 5.69. The molecule has 0 heterocycles. The second-order valence-corrected chi connectivity index (χ2v) is 6.57. The average molecular weight is 310 g/mol. The van der Waals surface area contributed by atoms with E-state index in [1.165, 1.54) is 29.5 Å². The molecule has 2 rings (SSSR count). The Balaban J connectivity index is 1.95. The Morgan fingerprint density at radius 2 is 1.57 bits per heavy atom. The van der Waals surface area contributed by atoms with E-state index in [9.17, 15) is 0 Å². The van der Waals surface area contributed by atoms with Gasteiger partial charge in [-0.1, -0.05) is 68.4 Å². The fourth-order valence-corrected chi connectivity index (χ4v) is 3.28. The highest BCUT2D eigenvalue weighted by Gasteiger charge is 2.14. The molecule has 23 heavy (non-hydrogen) atoms. The summed E-state index contributed by atoms with van der Waals surface area (Å²) in [4.78, 5) is 0. The van der Waals surface area contributed by atoms with Crippen LogP contribution in [0.2, 0.25) is 0 Å². The first-order valence-electron chi connectivity index (χ1n) is 8.99. The van der Waals surface area contributed by atoms with Gasteiger partial charge in [-0.2, -0.15) is 0 Å². The topological polar surface area (TPSA) is 20.2 Å². The van der Waals surface area contributed by atoms with Gasteiger partial charge in [0.25, 0.3) is 0 Å². The molecular formula is C22H30O. The monoisotopic (exact) mass is 310 g/mol. The van der Waals surface area contributed by atoms with Gasteiger partial charge < -0.3 is 5.11 Å². The third-order valence-corrected chi connectivity index (χ3v) is 4.82. The zero-order chi connectivity index (χ0) is 16.5. The van der Waals surface area contributed by atoms with Gasteiger partial charge in [-0.05, 0) is 60.6 Å². The van der Waals surface area contributed by atoms with Crippen molar-refractivity contribution in [1.82, 2.24) is 0 Å². The summed E-state index contributed by atoms with van der Waals surface area (Å²) in [7, 11) is 0. The molecule has 0 radical (unpaired) electrons. The van der Waals surface area contributed by atoms with E-state index in [4.69, 9.17) is 5.11 Å². The van der Waals surface area contributed by atoms with Crippen LogP contribution < -0.4 is 0 Å². The molecule has 0 bridgehead atoms. The number of aliphatic hydroxyl groups is 1. The van der Waals surface area contributed by atoms with Crippen LogP contribution in [0.15, 0.2) is 54.6 Å². The fraction of sp³-hybridized carbons (Fsp3) is 0.455. The van der Waals surface area contributed by atoms with Crippen molar-refractivity contribution in [3.05, 3.63) is 71.3 Å². The summed E-state index contributed by atoms with van der Waals surface area (Å²) in [6.07, 6.45) is 5.42. The normalized spacial score (nSPS) is 13.7. The summed E-state index contributed by atoms with van der Waals surface area (Å²) in [5, 5.41) is 8.86. The third kappa shape index (κ3) is 5.51. The molecule has 0 aliphatic heterocycles. The number of aryl methyl sites for hydroxylation is 1. The first kappa shape index (κ1) is 17.7. The molecule has 1 nitrogen and oxygen atoms in total. The fourth-order valence-electron chi connectivity index (χ4n) is 3.28. The number of hydrogen-bond donors (Lipinski definition) is 1. The van der Waals surface area contributed by atoms with Crippen LogP contribution >= 0.6 is 0 Å². The molecule has 0 aliphatic rings. The van der Waals surface area contributed by atoms with E-state index in [0.717, 1.165) is 19.3 Å². The Hall–Kier alpha value is -1.60. The van der Waals surface area contributed by atoms with E-state index < -0.39 is 0 Å². The van der Waals surface area contributed by atoms with Crippen LogP contribution in [0.4, 0.5) is 0 Å². The molecule has 0 fully saturated rings. The Morgan fingerprint density at radius 1 is 0.870 bits per heavy atom. The third-order valence-electron chi connectivity index (χ3n) is 4.82. The number of benzene rings is 2. The predicted molar refractivity (Wildman–Crippen MR) is 99.0 cm³/mol. The smallest absolute Gasteiger partial charge is 0.0431 e. The molecular weight excluding hydrogens is 280 g/mol. The van der Waals surface area contributed by atoms with Crippen LogP contribution in [0, 0.1) is 0 Å². The minimum absolute atomic E-state index is 0.299. The molecule has 0 saturated heterocycles. The van der Waals surface area contributed by atoms with E-state index in [1.54, 1.807) is 0 Å². The number of hydrogen-bond acceptors (Lipinski definition) is 1. The summed E-state index contributed by atoms with van der Waals surface area (Å²) in [5.74, 6) is 1.21. The number of rotatable bonds is 9. The van der Waals surface area contributed by atoms with Crippen molar-refractivity contribution in [2.24, 2.45) is 0 Å². The molecule has 1 N–H and O–H groups in total. The van der Waals surface area contributed by atoms with Crippen LogP contribution in [-0.4, -0.2) is 11.7 Å². The van der Waals surface area contributed by atoms with Gasteiger partial charge in [0.2, 0.25) is 0 Å². The first-order chi connectivity index (χ1) is 11.2. The Kier molecular flexibility index (Phi) is 7.35. The SMILES string of the molecule is CCC(CC(C)c1ccc(CCCCO)cc1)c1ccccc1. The summed E-state index contributed by atoms with van der Waals surface area (Å²) in [6.45, 7) is 4.92. The van der Waals surface area contributed by atoms with Crippen LogP contribution in [0.3, 0.4) is 0 Å². The lowest BCUT2D eigenvalue weighted by Crippen LogP contribution is -2.04. The molecule has 2 atom stereocenters. The molecule has 0 amide bonds. The van der Waals surface area contributed by atoms with Gasteiger partial charge in [0, 0.05) is 6.61 Å². The van der Waals surface area contributed by atoms with Crippen molar-refractivity contribution in [3.8, 4) is 0 Å².